The van der Waals surface area contributed by atoms with Gasteiger partial charge in [-0.3, -0.25) is 0 Å². The van der Waals surface area contributed by atoms with Gasteiger partial charge < -0.3 is 15.6 Å². The predicted octanol–water partition coefficient (Wildman–Crippen LogP) is 6.65. The lowest BCUT2D eigenvalue weighted by atomic mass is 9.98. The van der Waals surface area contributed by atoms with E-state index in [1.807, 2.05) is 0 Å². The van der Waals surface area contributed by atoms with Crippen LogP contribution in [0.1, 0.15) is 41.3 Å². The van der Waals surface area contributed by atoms with E-state index in [2.05, 4.69) is 25.6 Å². The number of rotatable bonds is 6. The molecule has 0 unspecified atom stereocenters. The van der Waals surface area contributed by atoms with Gasteiger partial charge in [0.1, 0.15) is 5.82 Å². The topological polar surface area (TPSA) is 78.5 Å². The largest absolute Gasteiger partial charge is 0.416 e. The molecule has 3 N–H and O–H groups in total. The molecule has 0 amide bonds. The van der Waals surface area contributed by atoms with E-state index in [0.717, 1.165) is 44.1 Å². The van der Waals surface area contributed by atoms with Crippen molar-refractivity contribution < 1.29 is 26.3 Å². The number of aromatic amines is 1. The van der Waals surface area contributed by atoms with Crippen LogP contribution in [0.4, 0.5) is 32.3 Å². The Balaban J connectivity index is 1.50. The van der Waals surface area contributed by atoms with Crippen LogP contribution in [0.2, 0.25) is 0 Å². The molecule has 4 aromatic rings. The van der Waals surface area contributed by atoms with E-state index in [1.54, 1.807) is 12.1 Å². The molecule has 1 saturated heterocycles. The van der Waals surface area contributed by atoms with Crippen molar-refractivity contribution in [1.82, 2.24) is 25.3 Å². The third-order valence-corrected chi connectivity index (χ3v) is 6.58. The van der Waals surface area contributed by atoms with Crippen molar-refractivity contribution in [3.8, 4) is 22.6 Å². The van der Waals surface area contributed by atoms with Crippen LogP contribution >= 0.6 is 0 Å². The Morgan fingerprint density at radius 1 is 0.872 bits per heavy atom. The Labute approximate surface area is 219 Å². The number of piperidine rings is 1. The smallest absolute Gasteiger partial charge is 0.350 e. The van der Waals surface area contributed by atoms with Crippen LogP contribution in [0.5, 0.6) is 0 Å². The summed E-state index contributed by atoms with van der Waals surface area (Å²) in [5.41, 5.74) is -0.212. The first kappa shape index (κ1) is 26.7. The molecule has 0 bridgehead atoms. The van der Waals surface area contributed by atoms with Crippen molar-refractivity contribution in [2.24, 2.45) is 0 Å². The van der Waals surface area contributed by atoms with E-state index in [0.29, 0.717) is 22.9 Å². The van der Waals surface area contributed by atoms with Crippen molar-refractivity contribution in [2.75, 3.05) is 18.4 Å². The Kier molecular flexibility index (Phi) is 7.30. The predicted molar refractivity (Wildman–Crippen MR) is 134 cm³/mol. The summed E-state index contributed by atoms with van der Waals surface area (Å²) in [6, 6.07) is 11.7. The van der Waals surface area contributed by atoms with E-state index < -0.39 is 23.5 Å². The van der Waals surface area contributed by atoms with Gasteiger partial charge in [-0.05, 0) is 55.8 Å². The first-order valence-corrected chi connectivity index (χ1v) is 12.3. The van der Waals surface area contributed by atoms with E-state index in [1.165, 1.54) is 30.5 Å². The average Bonchev–Trinajstić information content (AvgIpc) is 3.38. The minimum Gasteiger partial charge on any atom is -0.350 e. The quantitative estimate of drug-likeness (QED) is 0.236. The van der Waals surface area contributed by atoms with Gasteiger partial charge in [-0.2, -0.15) is 26.3 Å². The summed E-state index contributed by atoms with van der Waals surface area (Å²) >= 11 is 0. The molecular weight excluding hydrogens is 522 g/mol. The molecule has 0 aliphatic carbocycles. The summed E-state index contributed by atoms with van der Waals surface area (Å²) < 4.78 is 80.5. The normalized spacial score (nSPS) is 14.9. The number of hydrogen-bond acceptors (Lipinski definition) is 5. The van der Waals surface area contributed by atoms with E-state index >= 15 is 0 Å². The molecule has 0 saturated carbocycles. The highest BCUT2D eigenvalue weighted by molar-refractivity contribution is 5.77. The van der Waals surface area contributed by atoms with Crippen LogP contribution in [0, 0.1) is 0 Å². The van der Waals surface area contributed by atoms with Crippen LogP contribution in [0.25, 0.3) is 22.6 Å². The Morgan fingerprint density at radius 2 is 1.64 bits per heavy atom. The van der Waals surface area contributed by atoms with E-state index in [4.69, 9.17) is 4.98 Å². The summed E-state index contributed by atoms with van der Waals surface area (Å²) in [5, 5.41) is 6.10. The summed E-state index contributed by atoms with van der Waals surface area (Å²) in [6.45, 7) is 1.41. The van der Waals surface area contributed by atoms with E-state index in [-0.39, 0.29) is 29.5 Å². The van der Waals surface area contributed by atoms with Crippen LogP contribution in [0.15, 0.2) is 60.8 Å². The van der Waals surface area contributed by atoms with Gasteiger partial charge in [0.2, 0.25) is 5.95 Å². The summed E-state index contributed by atoms with van der Waals surface area (Å²) in [6.07, 6.45) is -5.99. The van der Waals surface area contributed by atoms with Crippen molar-refractivity contribution in [3.05, 3.63) is 83.3 Å². The van der Waals surface area contributed by atoms with Crippen molar-refractivity contribution in [3.63, 3.8) is 0 Å². The highest BCUT2D eigenvalue weighted by Crippen LogP contribution is 2.37. The molecule has 0 atom stereocenters. The fourth-order valence-electron chi connectivity index (χ4n) is 4.63. The zero-order valence-corrected chi connectivity index (χ0v) is 20.5. The molecule has 0 spiro atoms. The Bertz CT molecular complexity index is 1440. The molecule has 12 heteroatoms. The molecule has 39 heavy (non-hydrogen) atoms. The summed E-state index contributed by atoms with van der Waals surface area (Å²) in [7, 11) is 0. The van der Waals surface area contributed by atoms with Gasteiger partial charge >= 0.3 is 12.4 Å². The summed E-state index contributed by atoms with van der Waals surface area (Å²) in [4.78, 5) is 16.6. The van der Waals surface area contributed by atoms with Gasteiger partial charge in [0.25, 0.3) is 0 Å². The monoisotopic (exact) mass is 546 g/mol. The lowest BCUT2D eigenvalue weighted by Gasteiger charge is -2.20. The van der Waals surface area contributed by atoms with Gasteiger partial charge in [-0.1, -0.05) is 30.3 Å². The van der Waals surface area contributed by atoms with Crippen molar-refractivity contribution >= 4 is 5.95 Å². The highest BCUT2D eigenvalue weighted by Gasteiger charge is 2.33. The van der Waals surface area contributed by atoms with Gasteiger partial charge in [-0.25, -0.2) is 15.0 Å². The molecule has 1 fully saturated rings. The van der Waals surface area contributed by atoms with Crippen molar-refractivity contribution in [1.29, 1.82) is 0 Å². The fourth-order valence-corrected chi connectivity index (χ4v) is 4.63. The minimum absolute atomic E-state index is 0.0263. The third-order valence-electron chi connectivity index (χ3n) is 6.58. The molecule has 0 radical (unpaired) electrons. The molecule has 1 aliphatic rings. The van der Waals surface area contributed by atoms with Crippen LogP contribution < -0.4 is 10.6 Å². The zero-order chi connectivity index (χ0) is 27.6. The second kappa shape index (κ2) is 10.7. The molecule has 1 aliphatic heterocycles. The zero-order valence-electron chi connectivity index (χ0n) is 20.5. The van der Waals surface area contributed by atoms with Gasteiger partial charge in [-0.15, -0.1) is 0 Å². The molecule has 3 heterocycles. The second-order valence-corrected chi connectivity index (χ2v) is 9.22. The van der Waals surface area contributed by atoms with Crippen LogP contribution in [0.3, 0.4) is 0 Å². The Hall–Kier alpha value is -3.93. The molecule has 5 rings (SSSR count). The van der Waals surface area contributed by atoms with E-state index in [9.17, 15) is 26.3 Å². The number of alkyl halides is 6. The molecule has 6 nitrogen and oxygen atoms in total. The fraction of sp³-hybridized carbons (Fsp3) is 0.296. The molecule has 204 valence electrons. The molecule has 2 aromatic carbocycles. The van der Waals surface area contributed by atoms with Crippen LogP contribution in [-0.2, 0) is 18.9 Å². The first-order chi connectivity index (χ1) is 18.6. The second-order valence-electron chi connectivity index (χ2n) is 9.22. The minimum atomic E-state index is -4.52. The Morgan fingerprint density at radius 3 is 2.38 bits per heavy atom. The highest BCUT2D eigenvalue weighted by atomic mass is 19.4. The summed E-state index contributed by atoms with van der Waals surface area (Å²) in [5.74, 6) is 0.798. The number of imidazole rings is 1. The lowest BCUT2D eigenvalue weighted by molar-refractivity contribution is -0.138. The standard InChI is InChI=1S/C27H24F6N6/c28-26(29,30)19-6-3-5-17(14-19)22-23(39-24(38-22)16-8-11-34-12-9-16)21-10-13-35-25(37-21)36-15-18-4-1-2-7-20(18)27(31,32)33/h1-7,10,13-14,16,34H,8-9,11-12,15H2,(H,38,39)(H,35,36,37). The molecule has 2 aromatic heterocycles. The number of halogens is 6. The third kappa shape index (κ3) is 6.06. The number of hydrogen-bond donors (Lipinski definition) is 3. The van der Waals surface area contributed by atoms with Gasteiger partial charge in [0, 0.05) is 24.2 Å². The average molecular weight is 547 g/mol. The maximum absolute atomic E-state index is 13.4. The number of aromatic nitrogens is 4. The maximum atomic E-state index is 13.4. The van der Waals surface area contributed by atoms with Crippen LogP contribution in [-0.4, -0.2) is 33.0 Å². The number of nitrogens with zero attached hydrogens (tertiary/aromatic N) is 3. The number of nitrogens with one attached hydrogen (secondary N) is 3. The van der Waals surface area contributed by atoms with Crippen molar-refractivity contribution in [2.45, 2.75) is 37.7 Å². The first-order valence-electron chi connectivity index (χ1n) is 12.3. The number of H-pyrrole nitrogens is 1. The lowest BCUT2D eigenvalue weighted by Crippen LogP contribution is -2.27. The molecular formula is C27H24F6N6. The maximum Gasteiger partial charge on any atom is 0.416 e. The SMILES string of the molecule is FC(F)(F)c1cccc(-c2nc(C3CCNCC3)[nH]c2-c2ccnc(NCc3ccccc3C(F)(F)F)n2)c1. The number of anilines is 1. The van der Waals surface area contributed by atoms with Gasteiger partial charge in [0.05, 0.1) is 28.2 Å². The number of benzene rings is 2. The van der Waals surface area contributed by atoms with Gasteiger partial charge in [0.15, 0.2) is 0 Å².